The second-order valence-corrected chi connectivity index (χ2v) is 6.74. The Labute approximate surface area is 164 Å². The van der Waals surface area contributed by atoms with E-state index in [1.165, 1.54) is 0 Å². The van der Waals surface area contributed by atoms with Crippen LogP contribution in [0, 0.1) is 0 Å². The van der Waals surface area contributed by atoms with E-state index in [2.05, 4.69) is 10.3 Å². The van der Waals surface area contributed by atoms with Crippen molar-refractivity contribution in [2.24, 2.45) is 4.99 Å². The minimum atomic E-state index is -0.685. The summed E-state index contributed by atoms with van der Waals surface area (Å²) in [5.74, 6) is 2.26. The van der Waals surface area contributed by atoms with Crippen LogP contribution in [-0.4, -0.2) is 42.9 Å². The highest BCUT2D eigenvalue weighted by Crippen LogP contribution is 2.32. The molecule has 2 aromatic carbocycles. The maximum atomic E-state index is 10.4. The fraction of sp³-hybridized carbons (Fsp3) is 0.350. The Morgan fingerprint density at radius 2 is 1.96 bits per heavy atom. The lowest BCUT2D eigenvalue weighted by Crippen LogP contribution is -2.38. The van der Waals surface area contributed by atoms with Crippen molar-refractivity contribution in [2.45, 2.75) is 19.6 Å². The summed E-state index contributed by atoms with van der Waals surface area (Å²) in [5, 5.41) is 14.3. The molecule has 0 fully saturated rings. The number of hydrogen-bond acceptors (Lipinski definition) is 4. The summed E-state index contributed by atoms with van der Waals surface area (Å²) < 4.78 is 10.8. The van der Waals surface area contributed by atoms with Gasteiger partial charge in [0.2, 0.25) is 6.79 Å². The van der Waals surface area contributed by atoms with Gasteiger partial charge in [-0.05, 0) is 42.3 Å². The van der Waals surface area contributed by atoms with Gasteiger partial charge in [-0.1, -0.05) is 29.8 Å². The van der Waals surface area contributed by atoms with Gasteiger partial charge in [-0.2, -0.15) is 0 Å². The zero-order chi connectivity index (χ0) is 19.2. The lowest BCUT2D eigenvalue weighted by atomic mass is 10.1. The van der Waals surface area contributed by atoms with Crippen LogP contribution in [0.4, 0.5) is 0 Å². The Morgan fingerprint density at radius 1 is 1.22 bits per heavy atom. The normalized spacial score (nSPS) is 14.1. The first-order valence-electron chi connectivity index (χ1n) is 8.88. The first-order chi connectivity index (χ1) is 13.1. The second kappa shape index (κ2) is 8.97. The summed E-state index contributed by atoms with van der Waals surface area (Å²) in [6.45, 7) is 3.93. The van der Waals surface area contributed by atoms with Crippen molar-refractivity contribution in [3.8, 4) is 11.5 Å². The smallest absolute Gasteiger partial charge is 0.231 e. The first-order valence-corrected chi connectivity index (χ1v) is 9.26. The molecule has 3 rings (SSSR count). The fourth-order valence-corrected chi connectivity index (χ4v) is 2.95. The highest BCUT2D eigenvalue weighted by molar-refractivity contribution is 6.30. The summed E-state index contributed by atoms with van der Waals surface area (Å²) >= 11 is 5.90. The van der Waals surface area contributed by atoms with E-state index in [1.807, 2.05) is 49.2 Å². The number of nitrogens with zero attached hydrogens (tertiary/aromatic N) is 2. The lowest BCUT2D eigenvalue weighted by Gasteiger charge is -2.23. The molecule has 2 aromatic rings. The summed E-state index contributed by atoms with van der Waals surface area (Å²) in [6.07, 6.45) is -0.685. The molecular weight excluding hydrogens is 366 g/mol. The number of ether oxygens (including phenoxy) is 2. The van der Waals surface area contributed by atoms with Crippen LogP contribution in [0.5, 0.6) is 11.5 Å². The average Bonchev–Trinajstić information content (AvgIpc) is 3.13. The van der Waals surface area contributed by atoms with Gasteiger partial charge >= 0.3 is 0 Å². The number of rotatable bonds is 6. The molecule has 1 aliphatic rings. The number of halogens is 1. The van der Waals surface area contributed by atoms with Crippen LogP contribution in [0.3, 0.4) is 0 Å². The van der Waals surface area contributed by atoms with Crippen LogP contribution in [0.2, 0.25) is 5.02 Å². The minimum absolute atomic E-state index is 0.259. The number of aliphatic hydroxyl groups excluding tert-OH is 1. The van der Waals surface area contributed by atoms with Crippen LogP contribution in [0.15, 0.2) is 47.5 Å². The van der Waals surface area contributed by atoms with Crippen LogP contribution in [0.25, 0.3) is 0 Å². The van der Waals surface area contributed by atoms with Gasteiger partial charge in [0.15, 0.2) is 17.5 Å². The third-order valence-electron chi connectivity index (χ3n) is 4.22. The van der Waals surface area contributed by atoms with Gasteiger partial charge in [0, 0.05) is 25.2 Å². The molecule has 0 saturated heterocycles. The SMILES string of the molecule is CCNC(=NCC(O)c1ccc(Cl)cc1)N(C)Cc1ccc2c(c1)OCO2. The van der Waals surface area contributed by atoms with Crippen molar-refractivity contribution in [2.75, 3.05) is 26.9 Å². The number of benzene rings is 2. The van der Waals surface area contributed by atoms with E-state index in [4.69, 9.17) is 21.1 Å². The quantitative estimate of drug-likeness (QED) is 0.586. The largest absolute Gasteiger partial charge is 0.454 e. The van der Waals surface area contributed by atoms with E-state index in [0.29, 0.717) is 11.6 Å². The summed E-state index contributed by atoms with van der Waals surface area (Å²) in [6, 6.07) is 13.1. The maximum absolute atomic E-state index is 10.4. The standard InChI is InChI=1S/C20H24ClN3O3/c1-3-22-20(23-11-17(25)15-5-7-16(21)8-6-15)24(2)12-14-4-9-18-19(10-14)27-13-26-18/h4-10,17,25H,3,11-13H2,1-2H3,(H,22,23). The summed E-state index contributed by atoms with van der Waals surface area (Å²) in [4.78, 5) is 6.58. The molecule has 1 aliphatic heterocycles. The number of aliphatic imine (C=N–C) groups is 1. The minimum Gasteiger partial charge on any atom is -0.454 e. The lowest BCUT2D eigenvalue weighted by molar-refractivity contribution is 0.174. The Balaban J connectivity index is 1.66. The van der Waals surface area contributed by atoms with E-state index in [1.54, 1.807) is 12.1 Å². The van der Waals surface area contributed by atoms with E-state index in [0.717, 1.165) is 35.1 Å². The monoisotopic (exact) mass is 389 g/mol. The molecule has 7 heteroatoms. The van der Waals surface area contributed by atoms with Crippen molar-refractivity contribution < 1.29 is 14.6 Å². The van der Waals surface area contributed by atoms with Gasteiger partial charge in [0.1, 0.15) is 0 Å². The molecule has 0 radical (unpaired) electrons. The topological polar surface area (TPSA) is 66.3 Å². The van der Waals surface area contributed by atoms with Crippen LogP contribution < -0.4 is 14.8 Å². The number of nitrogens with one attached hydrogen (secondary N) is 1. The molecule has 0 aliphatic carbocycles. The zero-order valence-electron chi connectivity index (χ0n) is 15.5. The van der Waals surface area contributed by atoms with Crippen LogP contribution >= 0.6 is 11.6 Å². The molecule has 1 unspecified atom stereocenters. The average molecular weight is 390 g/mol. The Hall–Kier alpha value is -2.44. The van der Waals surface area contributed by atoms with Gasteiger partial charge in [-0.3, -0.25) is 4.99 Å². The zero-order valence-corrected chi connectivity index (χ0v) is 16.2. The van der Waals surface area contributed by atoms with E-state index >= 15 is 0 Å². The first kappa shape index (κ1) is 19.3. The van der Waals surface area contributed by atoms with Crippen LogP contribution in [0.1, 0.15) is 24.2 Å². The second-order valence-electron chi connectivity index (χ2n) is 6.31. The van der Waals surface area contributed by atoms with Crippen molar-refractivity contribution in [1.29, 1.82) is 0 Å². The van der Waals surface area contributed by atoms with Gasteiger partial charge < -0.3 is 24.8 Å². The highest BCUT2D eigenvalue weighted by atomic mass is 35.5. The number of hydrogen-bond donors (Lipinski definition) is 2. The molecule has 0 bridgehead atoms. The van der Waals surface area contributed by atoms with E-state index < -0.39 is 6.10 Å². The Kier molecular flexibility index (Phi) is 6.42. The molecule has 1 heterocycles. The molecule has 0 saturated carbocycles. The molecule has 2 N–H and O–H groups in total. The van der Waals surface area contributed by atoms with Gasteiger partial charge in [0.05, 0.1) is 12.6 Å². The highest BCUT2D eigenvalue weighted by Gasteiger charge is 2.15. The molecule has 6 nitrogen and oxygen atoms in total. The number of guanidine groups is 1. The number of aliphatic hydroxyl groups is 1. The molecule has 0 spiro atoms. The molecule has 27 heavy (non-hydrogen) atoms. The van der Waals surface area contributed by atoms with E-state index in [9.17, 15) is 5.11 Å². The molecule has 144 valence electrons. The summed E-state index contributed by atoms with van der Waals surface area (Å²) in [5.41, 5.74) is 1.88. The van der Waals surface area contributed by atoms with Crippen molar-refractivity contribution in [3.63, 3.8) is 0 Å². The van der Waals surface area contributed by atoms with Crippen LogP contribution in [-0.2, 0) is 6.54 Å². The maximum Gasteiger partial charge on any atom is 0.231 e. The predicted octanol–water partition coefficient (Wildman–Crippen LogP) is 3.20. The summed E-state index contributed by atoms with van der Waals surface area (Å²) in [7, 11) is 1.96. The predicted molar refractivity (Wildman–Crippen MR) is 106 cm³/mol. The van der Waals surface area contributed by atoms with Gasteiger partial charge in [-0.25, -0.2) is 0 Å². The van der Waals surface area contributed by atoms with Gasteiger partial charge in [0.25, 0.3) is 0 Å². The molecular formula is C20H24ClN3O3. The Morgan fingerprint density at radius 3 is 2.70 bits per heavy atom. The Bertz CT molecular complexity index is 796. The van der Waals surface area contributed by atoms with Crippen molar-refractivity contribution >= 4 is 17.6 Å². The fourth-order valence-electron chi connectivity index (χ4n) is 2.82. The third-order valence-corrected chi connectivity index (χ3v) is 4.47. The van der Waals surface area contributed by atoms with Crippen molar-refractivity contribution in [1.82, 2.24) is 10.2 Å². The third kappa shape index (κ3) is 5.05. The number of fused-ring (bicyclic) bond motifs is 1. The van der Waals surface area contributed by atoms with Gasteiger partial charge in [-0.15, -0.1) is 0 Å². The van der Waals surface area contributed by atoms with Crippen molar-refractivity contribution in [3.05, 3.63) is 58.6 Å². The molecule has 1 atom stereocenters. The van der Waals surface area contributed by atoms with E-state index in [-0.39, 0.29) is 13.3 Å². The molecule has 0 amide bonds. The molecule has 0 aromatic heterocycles.